The van der Waals surface area contributed by atoms with Crippen LogP contribution < -0.4 is 10.6 Å². The number of benzene rings is 5. The summed E-state index contributed by atoms with van der Waals surface area (Å²) in [6.45, 7) is 11.3. The van der Waals surface area contributed by atoms with Crippen LogP contribution in [0.3, 0.4) is 0 Å². The number of aryl methyl sites for hydroxylation is 5. The van der Waals surface area contributed by atoms with Crippen molar-refractivity contribution in [1.29, 1.82) is 0 Å². The number of methoxy groups -OCH3 is 2. The first kappa shape index (κ1) is 55.8. The van der Waals surface area contributed by atoms with Gasteiger partial charge in [0.25, 0.3) is 0 Å². The Kier molecular flexibility index (Phi) is 17.8. The fourth-order valence-corrected chi connectivity index (χ4v) is 13.6. The number of phenols is 5. The zero-order valence-corrected chi connectivity index (χ0v) is 46.0. The van der Waals surface area contributed by atoms with Crippen molar-refractivity contribution >= 4 is 45.3 Å². The Bertz CT molecular complexity index is 2840. The minimum atomic E-state index is -1.02. The van der Waals surface area contributed by atoms with Crippen LogP contribution in [0.15, 0.2) is 60.7 Å². The first-order valence-electron chi connectivity index (χ1n) is 25.9. The van der Waals surface area contributed by atoms with Crippen LogP contribution in [-0.4, -0.2) is 122 Å². The van der Waals surface area contributed by atoms with Crippen LogP contribution in [-0.2, 0) is 67.4 Å². The lowest BCUT2D eigenvalue weighted by atomic mass is 9.90. The third-order valence-corrected chi connectivity index (χ3v) is 17.2. The summed E-state index contributed by atoms with van der Waals surface area (Å²) in [6, 6.07) is 15.7. The first-order valence-corrected chi connectivity index (χ1v) is 28.3. The molecule has 3 aliphatic heterocycles. The number of hydrogen-bond donors (Lipinski definition) is 7. The van der Waals surface area contributed by atoms with Crippen molar-refractivity contribution in [3.63, 3.8) is 0 Å². The van der Waals surface area contributed by atoms with E-state index in [0.717, 1.165) is 27.8 Å². The molecular weight excluding hydrogens is 1000 g/mol. The highest BCUT2D eigenvalue weighted by molar-refractivity contribution is 8.76. The van der Waals surface area contributed by atoms with Crippen LogP contribution >= 0.6 is 21.6 Å². The predicted molar refractivity (Wildman–Crippen MR) is 295 cm³/mol. The molecule has 0 aliphatic carbocycles. The van der Waals surface area contributed by atoms with Gasteiger partial charge in [-0.15, -0.1) is 0 Å². The highest BCUT2D eigenvalue weighted by atomic mass is 33.1. The summed E-state index contributed by atoms with van der Waals surface area (Å²) in [6.07, 6.45) is 3.30. The van der Waals surface area contributed by atoms with E-state index in [1.54, 1.807) is 0 Å². The number of carbonyl (C=O) groups excluding carboxylic acids is 4. The highest BCUT2D eigenvalue weighted by Crippen LogP contribution is 2.39. The van der Waals surface area contributed by atoms with Crippen molar-refractivity contribution in [3.8, 4) is 28.7 Å². The fraction of sp³-hybridized carbons (Fsp3) is 0.424. The van der Waals surface area contributed by atoms with Crippen molar-refractivity contribution in [2.45, 2.75) is 123 Å². The Morgan fingerprint density at radius 3 is 0.974 bits per heavy atom. The van der Waals surface area contributed by atoms with Gasteiger partial charge in [-0.05, 0) is 118 Å². The third kappa shape index (κ3) is 12.9. The Labute approximate surface area is 452 Å². The Hall–Kier alpha value is -6.40. The predicted octanol–water partition coefficient (Wildman–Crippen LogP) is 7.76. The monoisotopic (exact) mass is 1070 g/mol. The maximum atomic E-state index is 14.0. The van der Waals surface area contributed by atoms with Gasteiger partial charge in [-0.3, -0.25) is 19.4 Å². The van der Waals surface area contributed by atoms with Crippen LogP contribution in [0.4, 0.5) is 0 Å². The molecule has 0 radical (unpaired) electrons. The van der Waals surface area contributed by atoms with Gasteiger partial charge in [0.1, 0.15) is 40.8 Å². The molecule has 10 bridgehead atoms. The largest absolute Gasteiger partial charge is 0.507 e. The van der Waals surface area contributed by atoms with Gasteiger partial charge in [0.2, 0.25) is 11.8 Å². The van der Waals surface area contributed by atoms with Crippen molar-refractivity contribution in [2.24, 2.45) is 0 Å². The van der Waals surface area contributed by atoms with Gasteiger partial charge in [-0.1, -0.05) is 110 Å². The number of ether oxygens (including phenoxy) is 2. The van der Waals surface area contributed by atoms with Gasteiger partial charge in [0.15, 0.2) is 0 Å². The molecule has 7 N–H and O–H groups in total. The summed E-state index contributed by atoms with van der Waals surface area (Å²) in [5, 5.41) is 65.4. The van der Waals surface area contributed by atoms with Crippen LogP contribution in [0.2, 0.25) is 0 Å². The molecule has 3 heterocycles. The molecule has 5 aromatic rings. The summed E-state index contributed by atoms with van der Waals surface area (Å²) in [5.74, 6) is -1.54. The summed E-state index contributed by atoms with van der Waals surface area (Å²) in [7, 11) is 4.99. The first-order chi connectivity index (χ1) is 36.3. The summed E-state index contributed by atoms with van der Waals surface area (Å²) in [4.78, 5) is 58.3. The molecule has 2 fully saturated rings. The average Bonchev–Trinajstić information content (AvgIpc) is 4.05. The molecule has 17 heteroatoms. The van der Waals surface area contributed by atoms with Crippen LogP contribution in [0.5, 0.6) is 28.7 Å². The molecule has 15 nitrogen and oxygen atoms in total. The number of carbonyl (C=O) groups is 4. The lowest BCUT2D eigenvalue weighted by molar-refractivity contribution is -0.145. The van der Waals surface area contributed by atoms with Crippen LogP contribution in [0.25, 0.3) is 0 Å². The second-order valence-corrected chi connectivity index (χ2v) is 23.4. The van der Waals surface area contributed by atoms with Gasteiger partial charge in [-0.25, -0.2) is 9.59 Å². The molecule has 5 aromatic carbocycles. The Morgan fingerprint density at radius 2 is 0.711 bits per heavy atom. The number of hydrogen-bond acceptors (Lipinski definition) is 15. The number of phenolic OH excluding ortho intramolecular Hbond substituents is 5. The maximum Gasteiger partial charge on any atom is 0.329 e. The minimum absolute atomic E-state index is 0.0485. The highest BCUT2D eigenvalue weighted by Gasteiger charge is 2.36. The minimum Gasteiger partial charge on any atom is -0.507 e. The van der Waals surface area contributed by atoms with Crippen molar-refractivity contribution in [2.75, 3.05) is 38.8 Å². The van der Waals surface area contributed by atoms with Crippen LogP contribution in [0.1, 0.15) is 109 Å². The number of rotatable bonds is 2. The van der Waals surface area contributed by atoms with E-state index in [1.807, 2.05) is 105 Å². The smallest absolute Gasteiger partial charge is 0.329 e. The normalized spacial score (nSPS) is 20.5. The lowest BCUT2D eigenvalue weighted by Crippen LogP contribution is -2.51. The molecule has 0 saturated carbocycles. The quantitative estimate of drug-likeness (QED) is 0.0664. The third-order valence-electron chi connectivity index (χ3n) is 14.8. The second-order valence-electron chi connectivity index (χ2n) is 20.9. The molecule has 2 amide bonds. The van der Waals surface area contributed by atoms with Gasteiger partial charge >= 0.3 is 11.9 Å². The Balaban J connectivity index is 1.14. The van der Waals surface area contributed by atoms with Crippen molar-refractivity contribution in [1.82, 2.24) is 20.4 Å². The summed E-state index contributed by atoms with van der Waals surface area (Å²) < 4.78 is 10.2. The lowest BCUT2D eigenvalue weighted by Gasteiger charge is -2.27. The second kappa shape index (κ2) is 24.3. The summed E-state index contributed by atoms with van der Waals surface area (Å²) in [5.41, 5.74) is 10.4. The maximum absolute atomic E-state index is 14.0. The summed E-state index contributed by atoms with van der Waals surface area (Å²) >= 11 is 0. The molecule has 76 heavy (non-hydrogen) atoms. The van der Waals surface area contributed by atoms with Gasteiger partial charge in [-0.2, -0.15) is 0 Å². The number of amides is 2. The Morgan fingerprint density at radius 1 is 0.461 bits per heavy atom. The average molecular weight is 1080 g/mol. The van der Waals surface area contributed by atoms with E-state index in [1.165, 1.54) is 35.8 Å². The zero-order chi connectivity index (χ0) is 54.5. The topological polar surface area (TPSA) is 218 Å². The van der Waals surface area contributed by atoms with Crippen molar-refractivity contribution < 1.29 is 54.2 Å². The van der Waals surface area contributed by atoms with Gasteiger partial charge in [0, 0.05) is 61.4 Å². The molecule has 2 saturated heterocycles. The van der Waals surface area contributed by atoms with Crippen LogP contribution in [0, 0.1) is 34.6 Å². The van der Waals surface area contributed by atoms with E-state index in [-0.39, 0.29) is 90.8 Å². The zero-order valence-electron chi connectivity index (χ0n) is 44.4. The number of esters is 2. The molecule has 404 valence electrons. The molecule has 0 spiro atoms. The standard InChI is InChI=1S/C59H70N4O11S2/c1-32-14-37-24-39-16-33(2)18-41(52(39)65)26-43-20-35(4)22-45(54(43)67)28-62-12-8-10-49(62)56(69)60-47(58(71)73-6)30-75-76-31-48(59(72)74-7)61-57(70)50-11-9-13-63(50)29-46-23-36(5)21-44(55(46)68)27-42-19-34(3)17-40(53(42)66)25-38(15-32)51(37)64/h14-23,47-50,64-68H,8-13,24-31H2,1-7H3,(H,60,69)(H,61,70)/t47-,48-,49-,50-/m0/s1. The van der Waals surface area contributed by atoms with E-state index in [9.17, 15) is 44.7 Å². The molecule has 0 unspecified atom stereocenters. The van der Waals surface area contributed by atoms with E-state index in [4.69, 9.17) is 9.47 Å². The van der Waals surface area contributed by atoms with Crippen molar-refractivity contribution in [3.05, 3.63) is 144 Å². The molecular formula is C59H70N4O11S2. The molecule has 0 aromatic heterocycles. The number of fused-ring (bicyclic) bond motifs is 12. The van der Waals surface area contributed by atoms with E-state index >= 15 is 0 Å². The van der Waals surface area contributed by atoms with E-state index in [0.29, 0.717) is 94.4 Å². The SMILES string of the molecule is COC(=O)[C@@H]1CSSC[C@@H](C(=O)OC)NC(=O)[C@@H]2CCCN2Cc2cc(C)cc(c2O)Cc2cc(C)cc(c2O)Cc2cc(C)cc(c2O)Cc2cc(C)cc(c2O)Cc2cc(C)cc(c2O)CN2CCC[C@H]2C(=O)N1. The van der Waals surface area contributed by atoms with Gasteiger partial charge < -0.3 is 45.6 Å². The molecule has 4 atom stereocenters. The van der Waals surface area contributed by atoms with Gasteiger partial charge in [0.05, 0.1) is 26.3 Å². The van der Waals surface area contributed by atoms with E-state index in [2.05, 4.69) is 10.6 Å². The number of nitrogens with one attached hydrogen (secondary N) is 2. The number of aromatic hydroxyl groups is 5. The number of nitrogens with zero attached hydrogens (tertiary/aromatic N) is 2. The molecule has 3 aliphatic rings. The fourth-order valence-electron chi connectivity index (χ4n) is 11.3. The van der Waals surface area contributed by atoms with E-state index < -0.39 is 36.1 Å². The molecule has 8 rings (SSSR count).